The second-order valence-corrected chi connectivity index (χ2v) is 6.85. The van der Waals surface area contributed by atoms with E-state index in [1.165, 1.54) is 5.56 Å². The molecule has 1 aliphatic rings. The lowest BCUT2D eigenvalue weighted by atomic mass is 10.0. The summed E-state index contributed by atoms with van der Waals surface area (Å²) < 4.78 is 11.6. The van der Waals surface area contributed by atoms with Gasteiger partial charge in [-0.25, -0.2) is 0 Å². The van der Waals surface area contributed by atoms with E-state index < -0.39 is 0 Å². The molecule has 0 aliphatic carbocycles. The number of carbonyl (C=O) groups is 1. The van der Waals surface area contributed by atoms with Gasteiger partial charge in [0.25, 0.3) is 0 Å². The predicted octanol–water partition coefficient (Wildman–Crippen LogP) is 4.27. The molecule has 2 N–H and O–H groups in total. The van der Waals surface area contributed by atoms with Crippen LogP contribution in [0.1, 0.15) is 30.6 Å². The van der Waals surface area contributed by atoms with Gasteiger partial charge in [-0.2, -0.15) is 0 Å². The summed E-state index contributed by atoms with van der Waals surface area (Å²) >= 11 is 0. The average molecular weight is 364 g/mol. The quantitative estimate of drug-likeness (QED) is 0.586. The van der Waals surface area contributed by atoms with Crippen LogP contribution in [0.4, 0.5) is 5.69 Å². The molecule has 0 atom stereocenters. The fraction of sp³-hybridized carbons (Fsp3) is 0.318. The smallest absolute Gasteiger partial charge is 0.224 e. The Bertz CT molecular complexity index is 899. The number of ether oxygens (including phenoxy) is 1. The number of para-hydroxylation sites is 1. The van der Waals surface area contributed by atoms with Gasteiger partial charge in [-0.15, -0.1) is 0 Å². The van der Waals surface area contributed by atoms with E-state index >= 15 is 0 Å². The topological polar surface area (TPSA) is 63.5 Å². The van der Waals surface area contributed by atoms with E-state index in [4.69, 9.17) is 9.15 Å². The number of carbonyl (C=O) groups excluding carboxylic acids is 1. The van der Waals surface area contributed by atoms with Crippen molar-refractivity contribution in [3.8, 4) is 5.75 Å². The van der Waals surface area contributed by atoms with Gasteiger partial charge in [0.05, 0.1) is 13.2 Å². The van der Waals surface area contributed by atoms with Crippen molar-refractivity contribution in [3.05, 3.63) is 59.9 Å². The van der Waals surface area contributed by atoms with Gasteiger partial charge in [0.2, 0.25) is 5.91 Å². The fourth-order valence-corrected chi connectivity index (χ4v) is 3.32. The normalized spacial score (nSPS) is 13.4. The van der Waals surface area contributed by atoms with Crippen molar-refractivity contribution >= 4 is 22.6 Å². The Labute approximate surface area is 158 Å². The molecule has 2 heterocycles. The van der Waals surface area contributed by atoms with Gasteiger partial charge in [-0.05, 0) is 49.6 Å². The van der Waals surface area contributed by atoms with Crippen molar-refractivity contribution < 1.29 is 13.9 Å². The van der Waals surface area contributed by atoms with Crippen LogP contribution >= 0.6 is 0 Å². The number of amides is 1. The second-order valence-electron chi connectivity index (χ2n) is 6.85. The van der Waals surface area contributed by atoms with Crippen molar-refractivity contribution in [2.24, 2.45) is 0 Å². The average Bonchev–Trinajstić information content (AvgIpc) is 3.09. The molecule has 5 heteroatoms. The number of unbranched alkanes of at least 4 members (excludes halogenated alkanes) is 1. The van der Waals surface area contributed by atoms with Crippen molar-refractivity contribution in [1.82, 2.24) is 5.32 Å². The molecular formula is C22H24N2O3. The standard InChI is InChI=1S/C22H24N2O3/c25-22-10-8-16-7-9-18(14-20(16)24-22)26-12-4-3-11-23-15-19-13-17-5-1-2-6-21(17)27-19/h1-2,5-7,9,13-14,23H,3-4,8,10-12,15H2,(H,24,25). The molecular weight excluding hydrogens is 340 g/mol. The maximum atomic E-state index is 11.5. The van der Waals surface area contributed by atoms with Crippen LogP contribution in [0.3, 0.4) is 0 Å². The van der Waals surface area contributed by atoms with Crippen LogP contribution in [0.2, 0.25) is 0 Å². The third-order valence-electron chi connectivity index (χ3n) is 4.77. The highest BCUT2D eigenvalue weighted by Gasteiger charge is 2.14. The van der Waals surface area contributed by atoms with Crippen molar-refractivity contribution in [1.29, 1.82) is 0 Å². The van der Waals surface area contributed by atoms with Crippen molar-refractivity contribution in [2.75, 3.05) is 18.5 Å². The van der Waals surface area contributed by atoms with Crippen LogP contribution in [-0.4, -0.2) is 19.1 Å². The summed E-state index contributed by atoms with van der Waals surface area (Å²) in [7, 11) is 0. The highest BCUT2D eigenvalue weighted by atomic mass is 16.5. The molecule has 0 unspecified atom stereocenters. The van der Waals surface area contributed by atoms with Gasteiger partial charge < -0.3 is 19.8 Å². The van der Waals surface area contributed by atoms with Crippen LogP contribution in [0.15, 0.2) is 52.9 Å². The summed E-state index contributed by atoms with van der Waals surface area (Å²) in [5.41, 5.74) is 3.00. The number of hydrogen-bond acceptors (Lipinski definition) is 4. The van der Waals surface area contributed by atoms with E-state index in [2.05, 4.69) is 22.8 Å². The van der Waals surface area contributed by atoms with Gasteiger partial charge in [-0.1, -0.05) is 24.3 Å². The van der Waals surface area contributed by atoms with Crippen LogP contribution < -0.4 is 15.4 Å². The highest BCUT2D eigenvalue weighted by Crippen LogP contribution is 2.27. The van der Waals surface area contributed by atoms with Gasteiger partial charge >= 0.3 is 0 Å². The third kappa shape index (κ3) is 4.49. The van der Waals surface area contributed by atoms with E-state index in [9.17, 15) is 4.79 Å². The second kappa shape index (κ2) is 8.27. The van der Waals surface area contributed by atoms with Gasteiger partial charge in [0.1, 0.15) is 17.1 Å². The number of anilines is 1. The summed E-state index contributed by atoms with van der Waals surface area (Å²) in [4.78, 5) is 11.5. The molecule has 0 bridgehead atoms. The first-order chi connectivity index (χ1) is 13.3. The Balaban J connectivity index is 1.14. The number of rotatable bonds is 8. The Hall–Kier alpha value is -2.79. The first-order valence-corrected chi connectivity index (χ1v) is 9.52. The van der Waals surface area contributed by atoms with Crippen LogP contribution in [0.5, 0.6) is 5.75 Å². The SMILES string of the molecule is O=C1CCc2ccc(OCCCCNCc3cc4ccccc4o3)cc2N1. The minimum atomic E-state index is 0.0789. The predicted molar refractivity (Wildman–Crippen MR) is 106 cm³/mol. The lowest BCUT2D eigenvalue weighted by Crippen LogP contribution is -2.18. The Morgan fingerprint density at radius 1 is 1.07 bits per heavy atom. The molecule has 5 nitrogen and oxygen atoms in total. The molecule has 1 aromatic heterocycles. The molecule has 0 saturated carbocycles. The molecule has 0 spiro atoms. The first kappa shape index (κ1) is 17.6. The number of hydrogen-bond donors (Lipinski definition) is 2. The summed E-state index contributed by atoms with van der Waals surface area (Å²) in [5, 5.41) is 7.46. The first-order valence-electron chi connectivity index (χ1n) is 9.52. The van der Waals surface area contributed by atoms with Crippen molar-refractivity contribution in [2.45, 2.75) is 32.2 Å². The van der Waals surface area contributed by atoms with E-state index in [-0.39, 0.29) is 5.91 Å². The van der Waals surface area contributed by atoms with Crippen LogP contribution in [0.25, 0.3) is 11.0 Å². The Morgan fingerprint density at radius 2 is 2.00 bits per heavy atom. The number of nitrogens with one attached hydrogen (secondary N) is 2. The molecule has 4 rings (SSSR count). The van der Waals surface area contributed by atoms with E-state index in [1.807, 2.05) is 36.4 Å². The fourth-order valence-electron chi connectivity index (χ4n) is 3.32. The minimum Gasteiger partial charge on any atom is -0.494 e. The van der Waals surface area contributed by atoms with E-state index in [1.54, 1.807) is 0 Å². The minimum absolute atomic E-state index is 0.0789. The number of aryl methyl sites for hydroxylation is 1. The molecule has 1 aliphatic heterocycles. The summed E-state index contributed by atoms with van der Waals surface area (Å²) in [6, 6.07) is 16.1. The molecule has 0 saturated heterocycles. The van der Waals surface area contributed by atoms with Gasteiger partial charge in [0, 0.05) is 23.6 Å². The third-order valence-corrected chi connectivity index (χ3v) is 4.77. The number of fused-ring (bicyclic) bond motifs is 2. The molecule has 27 heavy (non-hydrogen) atoms. The summed E-state index contributed by atoms with van der Waals surface area (Å²) in [6.45, 7) is 2.32. The molecule has 0 radical (unpaired) electrons. The lowest BCUT2D eigenvalue weighted by Gasteiger charge is -2.17. The van der Waals surface area contributed by atoms with Crippen LogP contribution in [-0.2, 0) is 17.8 Å². The number of benzene rings is 2. The van der Waals surface area contributed by atoms with Crippen molar-refractivity contribution in [3.63, 3.8) is 0 Å². The van der Waals surface area contributed by atoms with Crippen LogP contribution in [0, 0.1) is 0 Å². The maximum Gasteiger partial charge on any atom is 0.224 e. The zero-order valence-electron chi connectivity index (χ0n) is 15.3. The summed E-state index contributed by atoms with van der Waals surface area (Å²) in [5.74, 6) is 1.85. The monoisotopic (exact) mass is 364 g/mol. The Kier molecular flexibility index (Phi) is 5.39. The van der Waals surface area contributed by atoms with E-state index in [0.717, 1.165) is 60.5 Å². The highest BCUT2D eigenvalue weighted by molar-refractivity contribution is 5.94. The van der Waals surface area contributed by atoms with Gasteiger partial charge in [0.15, 0.2) is 0 Å². The largest absolute Gasteiger partial charge is 0.494 e. The van der Waals surface area contributed by atoms with Gasteiger partial charge in [-0.3, -0.25) is 4.79 Å². The number of furan rings is 1. The molecule has 3 aromatic rings. The molecule has 140 valence electrons. The Morgan fingerprint density at radius 3 is 2.93 bits per heavy atom. The lowest BCUT2D eigenvalue weighted by molar-refractivity contribution is -0.116. The zero-order chi connectivity index (χ0) is 18.5. The molecule has 1 amide bonds. The maximum absolute atomic E-state index is 11.5. The van der Waals surface area contributed by atoms with E-state index in [0.29, 0.717) is 13.0 Å². The zero-order valence-corrected chi connectivity index (χ0v) is 15.3. The summed E-state index contributed by atoms with van der Waals surface area (Å²) in [6.07, 6.45) is 3.37. The molecule has 0 fully saturated rings. The molecule has 2 aromatic carbocycles.